The SMILES string of the molecule is C[C@@H](O)c1ccc(N(C)CCc2ccccc2)cn1. The molecule has 1 aromatic heterocycles. The monoisotopic (exact) mass is 256 g/mol. The Morgan fingerprint density at radius 1 is 1.16 bits per heavy atom. The van der Waals surface area contributed by atoms with Crippen LogP contribution in [0.3, 0.4) is 0 Å². The van der Waals surface area contributed by atoms with Crippen LogP contribution in [0, 0.1) is 0 Å². The number of hydrogen-bond acceptors (Lipinski definition) is 3. The van der Waals surface area contributed by atoms with Gasteiger partial charge in [0.1, 0.15) is 0 Å². The van der Waals surface area contributed by atoms with Crippen molar-refractivity contribution in [2.45, 2.75) is 19.4 Å². The van der Waals surface area contributed by atoms with Gasteiger partial charge in [-0.3, -0.25) is 4.98 Å². The minimum atomic E-state index is -0.510. The molecule has 1 aromatic carbocycles. The Bertz CT molecular complexity index is 494. The minimum absolute atomic E-state index is 0.510. The van der Waals surface area contributed by atoms with Gasteiger partial charge in [0, 0.05) is 13.6 Å². The van der Waals surface area contributed by atoms with Crippen molar-refractivity contribution < 1.29 is 5.11 Å². The molecule has 0 spiro atoms. The molecule has 100 valence electrons. The van der Waals surface area contributed by atoms with Crippen LogP contribution in [0.5, 0.6) is 0 Å². The van der Waals surface area contributed by atoms with Crippen LogP contribution in [0.15, 0.2) is 48.7 Å². The van der Waals surface area contributed by atoms with E-state index in [0.717, 1.165) is 18.7 Å². The van der Waals surface area contributed by atoms with E-state index in [4.69, 9.17) is 0 Å². The lowest BCUT2D eigenvalue weighted by Gasteiger charge is -2.19. The summed E-state index contributed by atoms with van der Waals surface area (Å²) in [5.74, 6) is 0. The van der Waals surface area contributed by atoms with Crippen LogP contribution >= 0.6 is 0 Å². The number of pyridine rings is 1. The molecule has 0 amide bonds. The summed E-state index contributed by atoms with van der Waals surface area (Å²) in [6.45, 7) is 2.67. The Hall–Kier alpha value is -1.87. The molecule has 0 radical (unpaired) electrons. The lowest BCUT2D eigenvalue weighted by molar-refractivity contribution is 0.194. The third-order valence-electron chi connectivity index (χ3n) is 3.22. The summed E-state index contributed by atoms with van der Waals surface area (Å²) < 4.78 is 0. The van der Waals surface area contributed by atoms with E-state index in [2.05, 4.69) is 41.2 Å². The summed E-state index contributed by atoms with van der Waals surface area (Å²) >= 11 is 0. The van der Waals surface area contributed by atoms with Crippen molar-refractivity contribution in [3.8, 4) is 0 Å². The van der Waals surface area contributed by atoms with Gasteiger partial charge in [0.05, 0.1) is 23.7 Å². The van der Waals surface area contributed by atoms with Crippen molar-refractivity contribution in [1.29, 1.82) is 0 Å². The van der Waals surface area contributed by atoms with Crippen LogP contribution in [0.25, 0.3) is 0 Å². The minimum Gasteiger partial charge on any atom is -0.387 e. The van der Waals surface area contributed by atoms with Crippen molar-refractivity contribution in [3.05, 3.63) is 59.9 Å². The highest BCUT2D eigenvalue weighted by Crippen LogP contribution is 2.15. The van der Waals surface area contributed by atoms with Crippen LogP contribution in [-0.4, -0.2) is 23.7 Å². The van der Waals surface area contributed by atoms with Crippen molar-refractivity contribution in [2.24, 2.45) is 0 Å². The van der Waals surface area contributed by atoms with E-state index >= 15 is 0 Å². The second kappa shape index (κ2) is 6.34. The van der Waals surface area contributed by atoms with Crippen LogP contribution in [0.2, 0.25) is 0 Å². The Kier molecular flexibility index (Phi) is 4.53. The number of benzene rings is 1. The van der Waals surface area contributed by atoms with Gasteiger partial charge < -0.3 is 10.0 Å². The van der Waals surface area contributed by atoms with Gasteiger partial charge in [-0.05, 0) is 31.0 Å². The first-order valence-electron chi connectivity index (χ1n) is 6.56. The fourth-order valence-electron chi connectivity index (χ4n) is 1.94. The summed E-state index contributed by atoms with van der Waals surface area (Å²) in [5.41, 5.74) is 3.11. The maximum atomic E-state index is 9.43. The van der Waals surface area contributed by atoms with Crippen LogP contribution in [0.4, 0.5) is 5.69 Å². The summed E-state index contributed by atoms with van der Waals surface area (Å²) in [7, 11) is 2.06. The van der Waals surface area contributed by atoms with Gasteiger partial charge in [0.25, 0.3) is 0 Å². The number of likely N-dealkylation sites (N-methyl/N-ethyl adjacent to an activating group) is 1. The zero-order chi connectivity index (χ0) is 13.7. The first-order chi connectivity index (χ1) is 9.16. The summed E-state index contributed by atoms with van der Waals surface area (Å²) in [6.07, 6.45) is 2.31. The molecule has 0 fully saturated rings. The molecule has 0 saturated carbocycles. The van der Waals surface area contributed by atoms with E-state index in [0.29, 0.717) is 5.69 Å². The lowest BCUT2D eigenvalue weighted by Crippen LogP contribution is -2.20. The summed E-state index contributed by atoms with van der Waals surface area (Å²) in [5, 5.41) is 9.43. The molecule has 0 bridgehead atoms. The second-order valence-electron chi connectivity index (χ2n) is 4.77. The van der Waals surface area contributed by atoms with Gasteiger partial charge in [-0.1, -0.05) is 30.3 Å². The van der Waals surface area contributed by atoms with Gasteiger partial charge in [-0.15, -0.1) is 0 Å². The van der Waals surface area contributed by atoms with Crippen molar-refractivity contribution in [1.82, 2.24) is 4.98 Å². The van der Waals surface area contributed by atoms with E-state index in [1.165, 1.54) is 5.56 Å². The summed E-state index contributed by atoms with van der Waals surface area (Å²) in [4.78, 5) is 6.44. The topological polar surface area (TPSA) is 36.4 Å². The molecule has 1 heterocycles. The molecule has 2 rings (SSSR count). The van der Waals surface area contributed by atoms with Crippen molar-refractivity contribution in [2.75, 3.05) is 18.5 Å². The van der Waals surface area contributed by atoms with E-state index in [1.54, 1.807) is 6.92 Å². The molecule has 19 heavy (non-hydrogen) atoms. The smallest absolute Gasteiger partial charge is 0.0931 e. The normalized spacial score (nSPS) is 12.2. The number of aliphatic hydroxyl groups excluding tert-OH is 1. The van der Waals surface area contributed by atoms with Gasteiger partial charge in [0.15, 0.2) is 0 Å². The van der Waals surface area contributed by atoms with Gasteiger partial charge >= 0.3 is 0 Å². The van der Waals surface area contributed by atoms with E-state index in [1.807, 2.05) is 24.4 Å². The fourth-order valence-corrected chi connectivity index (χ4v) is 1.94. The largest absolute Gasteiger partial charge is 0.387 e. The maximum absolute atomic E-state index is 9.43. The van der Waals surface area contributed by atoms with Gasteiger partial charge in [0.2, 0.25) is 0 Å². The van der Waals surface area contributed by atoms with E-state index in [-0.39, 0.29) is 0 Å². The molecule has 3 nitrogen and oxygen atoms in total. The average molecular weight is 256 g/mol. The molecule has 1 N–H and O–H groups in total. The Labute approximate surface area is 114 Å². The van der Waals surface area contributed by atoms with Crippen LogP contribution < -0.4 is 4.90 Å². The molecular weight excluding hydrogens is 236 g/mol. The molecule has 0 saturated heterocycles. The second-order valence-corrected chi connectivity index (χ2v) is 4.77. The third kappa shape index (κ3) is 3.80. The highest BCUT2D eigenvalue weighted by atomic mass is 16.3. The summed E-state index contributed by atoms with van der Waals surface area (Å²) in [6, 6.07) is 14.3. The quantitative estimate of drug-likeness (QED) is 0.893. The van der Waals surface area contributed by atoms with Gasteiger partial charge in [-0.2, -0.15) is 0 Å². The molecular formula is C16H20N2O. The molecule has 0 aliphatic heterocycles. The van der Waals surface area contributed by atoms with E-state index in [9.17, 15) is 5.11 Å². The molecule has 0 aliphatic rings. The molecule has 0 unspecified atom stereocenters. The Morgan fingerprint density at radius 2 is 1.89 bits per heavy atom. The van der Waals surface area contributed by atoms with Crippen molar-refractivity contribution in [3.63, 3.8) is 0 Å². The predicted molar refractivity (Wildman–Crippen MR) is 78.3 cm³/mol. The van der Waals surface area contributed by atoms with Gasteiger partial charge in [-0.25, -0.2) is 0 Å². The van der Waals surface area contributed by atoms with Crippen molar-refractivity contribution >= 4 is 5.69 Å². The number of aromatic nitrogens is 1. The number of aliphatic hydroxyl groups is 1. The Balaban J connectivity index is 1.94. The highest BCUT2D eigenvalue weighted by Gasteiger charge is 2.05. The lowest BCUT2D eigenvalue weighted by atomic mass is 10.1. The Morgan fingerprint density at radius 3 is 2.47 bits per heavy atom. The molecule has 2 aromatic rings. The first kappa shape index (κ1) is 13.6. The highest BCUT2D eigenvalue weighted by molar-refractivity contribution is 5.44. The van der Waals surface area contributed by atoms with E-state index < -0.39 is 6.10 Å². The number of rotatable bonds is 5. The maximum Gasteiger partial charge on any atom is 0.0931 e. The van der Waals surface area contributed by atoms with Crippen LogP contribution in [0.1, 0.15) is 24.3 Å². The predicted octanol–water partition coefficient (Wildman–Crippen LogP) is 2.81. The zero-order valence-corrected chi connectivity index (χ0v) is 11.5. The average Bonchev–Trinajstić information content (AvgIpc) is 2.46. The van der Waals surface area contributed by atoms with Crippen LogP contribution in [-0.2, 0) is 6.42 Å². The molecule has 0 aliphatic carbocycles. The zero-order valence-electron chi connectivity index (χ0n) is 11.5. The molecule has 1 atom stereocenters. The molecule has 3 heteroatoms. The standard InChI is InChI=1S/C16H20N2O/c1-13(19)16-9-8-15(12-17-16)18(2)11-10-14-6-4-3-5-7-14/h3-9,12-13,19H,10-11H2,1-2H3/t13-/m1/s1. The third-order valence-corrected chi connectivity index (χ3v) is 3.22. The number of anilines is 1. The first-order valence-corrected chi connectivity index (χ1v) is 6.56. The number of hydrogen-bond donors (Lipinski definition) is 1. The fraction of sp³-hybridized carbons (Fsp3) is 0.312. The number of nitrogens with zero attached hydrogens (tertiary/aromatic N) is 2.